The molecule has 2 nitrogen and oxygen atoms in total. The Morgan fingerprint density at radius 2 is 0.455 bits per heavy atom. The van der Waals surface area contributed by atoms with Crippen LogP contribution in [0, 0.1) is 0 Å². The minimum Gasteiger partial charge on any atom is -0.372 e. The Kier molecular flexibility index (Phi) is 29.5. The number of benzene rings is 1. The Labute approximate surface area is 278 Å². The molecule has 0 unspecified atom stereocenters. The third kappa shape index (κ3) is 23.2. The zero-order valence-electron chi connectivity index (χ0n) is 30.8. The van der Waals surface area contributed by atoms with E-state index in [2.05, 4.69) is 61.8 Å². The second-order valence-electron chi connectivity index (χ2n) is 14.0. The SMILES string of the molecule is CCCCCCCCCN(CCCCCCCCC)c1ccc(N(CCCCCCCCC)CCCCCCCCC)cc1. The molecule has 0 radical (unpaired) electrons. The molecular formula is C42H80N2. The third-order valence-electron chi connectivity index (χ3n) is 9.71. The van der Waals surface area contributed by atoms with Crippen LogP contribution in [-0.4, -0.2) is 26.2 Å². The Morgan fingerprint density at radius 3 is 0.659 bits per heavy atom. The van der Waals surface area contributed by atoms with Gasteiger partial charge in [-0.05, 0) is 49.9 Å². The topological polar surface area (TPSA) is 6.48 Å². The standard InChI is InChI=1S/C42H80N2/c1-5-9-13-17-21-25-29-37-43(38-30-26-22-18-14-10-6-2)41-33-35-42(36-34-41)44(39-31-27-23-19-15-11-7-3)40-32-28-24-20-16-12-8-4/h33-36H,5-32,37-40H2,1-4H3. The third-order valence-corrected chi connectivity index (χ3v) is 9.71. The minimum atomic E-state index is 1.22. The van der Waals surface area contributed by atoms with Gasteiger partial charge in [-0.15, -0.1) is 0 Å². The fourth-order valence-corrected chi connectivity index (χ4v) is 6.65. The van der Waals surface area contributed by atoms with E-state index in [4.69, 9.17) is 0 Å². The van der Waals surface area contributed by atoms with E-state index in [0.717, 1.165) is 0 Å². The lowest BCUT2D eigenvalue weighted by atomic mass is 10.1. The first-order valence-corrected chi connectivity index (χ1v) is 20.4. The maximum atomic E-state index is 2.72. The molecule has 0 atom stereocenters. The van der Waals surface area contributed by atoms with Gasteiger partial charge in [-0.3, -0.25) is 0 Å². The Hall–Kier alpha value is -1.18. The van der Waals surface area contributed by atoms with Crippen LogP contribution in [0.4, 0.5) is 11.4 Å². The van der Waals surface area contributed by atoms with Gasteiger partial charge in [-0.2, -0.15) is 0 Å². The van der Waals surface area contributed by atoms with Crippen molar-refractivity contribution in [1.29, 1.82) is 0 Å². The number of nitrogens with zero attached hydrogens (tertiary/aromatic N) is 2. The van der Waals surface area contributed by atoms with Gasteiger partial charge >= 0.3 is 0 Å². The fraction of sp³-hybridized carbons (Fsp3) is 0.857. The van der Waals surface area contributed by atoms with Gasteiger partial charge in [0, 0.05) is 37.6 Å². The van der Waals surface area contributed by atoms with Gasteiger partial charge < -0.3 is 9.80 Å². The molecule has 1 aromatic rings. The van der Waals surface area contributed by atoms with Crippen LogP contribution in [0.1, 0.15) is 207 Å². The molecule has 0 aromatic heterocycles. The summed E-state index contributed by atoms with van der Waals surface area (Å²) in [6.07, 6.45) is 39.0. The molecule has 0 saturated carbocycles. The van der Waals surface area contributed by atoms with E-state index in [1.807, 2.05) is 0 Å². The lowest BCUT2D eigenvalue weighted by Gasteiger charge is -2.28. The van der Waals surface area contributed by atoms with Gasteiger partial charge in [0.25, 0.3) is 0 Å². The summed E-state index contributed by atoms with van der Waals surface area (Å²) in [6.45, 7) is 14.2. The summed E-state index contributed by atoms with van der Waals surface area (Å²) >= 11 is 0. The number of unbranched alkanes of at least 4 members (excludes halogenated alkanes) is 24. The highest BCUT2D eigenvalue weighted by Crippen LogP contribution is 2.24. The molecule has 0 amide bonds. The number of anilines is 2. The van der Waals surface area contributed by atoms with Crippen molar-refractivity contribution in [2.24, 2.45) is 0 Å². The van der Waals surface area contributed by atoms with Crippen molar-refractivity contribution >= 4 is 11.4 Å². The van der Waals surface area contributed by atoms with Crippen LogP contribution in [0.2, 0.25) is 0 Å². The molecule has 0 N–H and O–H groups in total. The molecule has 0 aliphatic rings. The van der Waals surface area contributed by atoms with Crippen LogP contribution in [0.3, 0.4) is 0 Å². The Morgan fingerprint density at radius 1 is 0.273 bits per heavy atom. The van der Waals surface area contributed by atoms with Crippen molar-refractivity contribution < 1.29 is 0 Å². The van der Waals surface area contributed by atoms with Gasteiger partial charge in [0.1, 0.15) is 0 Å². The Balaban J connectivity index is 2.71. The normalized spacial score (nSPS) is 11.4. The zero-order valence-corrected chi connectivity index (χ0v) is 30.8. The molecule has 0 saturated heterocycles. The van der Waals surface area contributed by atoms with Gasteiger partial charge in [0.2, 0.25) is 0 Å². The van der Waals surface area contributed by atoms with Crippen molar-refractivity contribution in [1.82, 2.24) is 0 Å². The number of hydrogen-bond acceptors (Lipinski definition) is 2. The van der Waals surface area contributed by atoms with Gasteiger partial charge in [0.05, 0.1) is 0 Å². The molecule has 44 heavy (non-hydrogen) atoms. The molecule has 0 heterocycles. The molecule has 0 aliphatic heterocycles. The van der Waals surface area contributed by atoms with Gasteiger partial charge in [-0.25, -0.2) is 0 Å². The van der Waals surface area contributed by atoms with E-state index in [-0.39, 0.29) is 0 Å². The first-order chi connectivity index (χ1) is 21.8. The van der Waals surface area contributed by atoms with Crippen LogP contribution in [0.25, 0.3) is 0 Å². The summed E-state index contributed by atoms with van der Waals surface area (Å²) in [5.41, 5.74) is 2.91. The summed E-state index contributed by atoms with van der Waals surface area (Å²) in [5.74, 6) is 0. The van der Waals surface area contributed by atoms with Crippen LogP contribution >= 0.6 is 0 Å². The molecule has 0 fully saturated rings. The van der Waals surface area contributed by atoms with Gasteiger partial charge in [0.15, 0.2) is 0 Å². The molecule has 258 valence electrons. The first kappa shape index (κ1) is 40.8. The quantitative estimate of drug-likeness (QED) is 0.0714. The first-order valence-electron chi connectivity index (χ1n) is 20.4. The van der Waals surface area contributed by atoms with E-state index in [9.17, 15) is 0 Å². The van der Waals surface area contributed by atoms with Crippen molar-refractivity contribution in [3.05, 3.63) is 24.3 Å². The lowest BCUT2D eigenvalue weighted by molar-refractivity contribution is 0.563. The van der Waals surface area contributed by atoms with Gasteiger partial charge in [-0.1, -0.05) is 182 Å². The highest BCUT2D eigenvalue weighted by atomic mass is 15.1. The minimum absolute atomic E-state index is 1.22. The molecule has 1 aromatic carbocycles. The maximum Gasteiger partial charge on any atom is 0.0367 e. The second-order valence-corrected chi connectivity index (χ2v) is 14.0. The summed E-state index contributed by atoms with van der Waals surface area (Å²) in [6, 6.07) is 9.83. The van der Waals surface area contributed by atoms with Crippen molar-refractivity contribution in [2.45, 2.75) is 207 Å². The van der Waals surface area contributed by atoms with Crippen molar-refractivity contribution in [3.8, 4) is 0 Å². The lowest BCUT2D eigenvalue weighted by Crippen LogP contribution is -2.27. The van der Waals surface area contributed by atoms with Crippen LogP contribution in [0.5, 0.6) is 0 Å². The zero-order chi connectivity index (χ0) is 31.8. The smallest absolute Gasteiger partial charge is 0.0367 e. The monoisotopic (exact) mass is 613 g/mol. The average Bonchev–Trinajstić information content (AvgIpc) is 3.05. The van der Waals surface area contributed by atoms with E-state index in [0.29, 0.717) is 0 Å². The molecule has 0 bridgehead atoms. The maximum absolute atomic E-state index is 2.72. The number of rotatable bonds is 34. The summed E-state index contributed by atoms with van der Waals surface area (Å²) < 4.78 is 0. The molecule has 0 aliphatic carbocycles. The largest absolute Gasteiger partial charge is 0.372 e. The van der Waals surface area contributed by atoms with E-state index in [1.165, 1.54) is 217 Å². The van der Waals surface area contributed by atoms with E-state index in [1.54, 1.807) is 0 Å². The van der Waals surface area contributed by atoms with E-state index >= 15 is 0 Å². The summed E-state index contributed by atoms with van der Waals surface area (Å²) in [5, 5.41) is 0. The van der Waals surface area contributed by atoms with Crippen LogP contribution in [0.15, 0.2) is 24.3 Å². The molecular weight excluding hydrogens is 532 g/mol. The predicted octanol–water partition coefficient (Wildman–Crippen LogP) is 14.3. The highest BCUT2D eigenvalue weighted by molar-refractivity contribution is 5.56. The van der Waals surface area contributed by atoms with Crippen LogP contribution in [-0.2, 0) is 0 Å². The van der Waals surface area contributed by atoms with E-state index < -0.39 is 0 Å². The fourth-order valence-electron chi connectivity index (χ4n) is 6.65. The summed E-state index contributed by atoms with van der Waals surface area (Å²) in [7, 11) is 0. The molecule has 1 rings (SSSR count). The van der Waals surface area contributed by atoms with Crippen LogP contribution < -0.4 is 9.80 Å². The predicted molar refractivity (Wildman–Crippen MR) is 203 cm³/mol. The highest BCUT2D eigenvalue weighted by Gasteiger charge is 2.10. The van der Waals surface area contributed by atoms with Crippen molar-refractivity contribution in [3.63, 3.8) is 0 Å². The van der Waals surface area contributed by atoms with Crippen molar-refractivity contribution in [2.75, 3.05) is 36.0 Å². The molecule has 0 spiro atoms. The second kappa shape index (κ2) is 31.8. The molecule has 2 heteroatoms. The number of hydrogen-bond donors (Lipinski definition) is 0. The summed E-state index contributed by atoms with van der Waals surface area (Å²) in [4.78, 5) is 5.44. The Bertz CT molecular complexity index is 589. The average molecular weight is 613 g/mol.